The van der Waals surface area contributed by atoms with Gasteiger partial charge in [-0.05, 0) is 26.3 Å². The van der Waals surface area contributed by atoms with Gasteiger partial charge in [0, 0.05) is 6.21 Å². The molecule has 0 aliphatic rings. The molecule has 7 heteroatoms. The number of ether oxygens (including phenoxy) is 1. The summed E-state index contributed by atoms with van der Waals surface area (Å²) in [6, 6.07) is 7.18. The molecule has 0 saturated heterocycles. The Bertz CT molecular complexity index is 601. The Morgan fingerprint density at radius 3 is 2.17 bits per heavy atom. The van der Waals surface area contributed by atoms with Crippen molar-refractivity contribution < 1.29 is 19.1 Å². The van der Waals surface area contributed by atoms with E-state index in [1.807, 2.05) is 30.3 Å². The van der Waals surface area contributed by atoms with Gasteiger partial charge in [0.1, 0.15) is 18.1 Å². The van der Waals surface area contributed by atoms with Crippen LogP contribution in [0.5, 0.6) is 0 Å². The first kappa shape index (κ1) is 19.3. The number of hydrogen-bond acceptors (Lipinski definition) is 5. The highest BCUT2D eigenvalue weighted by Crippen LogP contribution is 1.98. The van der Waals surface area contributed by atoms with Crippen LogP contribution in [0.2, 0.25) is 0 Å². The Balaban J connectivity index is 2.52. The van der Waals surface area contributed by atoms with E-state index in [2.05, 4.69) is 20.4 Å². The topological polar surface area (TPSA) is 96.9 Å². The summed E-state index contributed by atoms with van der Waals surface area (Å²) in [6.07, 6.45) is 1.61. The Hall–Kier alpha value is -2.70. The minimum absolute atomic E-state index is 0.379. The van der Waals surface area contributed by atoms with E-state index in [1.54, 1.807) is 13.1 Å². The lowest BCUT2D eigenvalue weighted by molar-refractivity contribution is -0.144. The molecule has 0 saturated carbocycles. The van der Waals surface area contributed by atoms with Crippen LogP contribution in [0.15, 0.2) is 35.3 Å². The standard InChI is InChI=1S/C17H23N3O4/c1-11(18-10-14-8-6-5-7-9-14)15(21)19-12(2)16(22)20-13(3)17(23)24-4/h5-13H,1-4H3,(H,19,21)(H,20,22)/t11-,12-,13-/m0/s1. The second kappa shape index (κ2) is 9.44. The van der Waals surface area contributed by atoms with Gasteiger partial charge in [-0.1, -0.05) is 30.3 Å². The molecule has 1 aromatic carbocycles. The molecule has 7 nitrogen and oxygen atoms in total. The molecule has 2 N–H and O–H groups in total. The van der Waals surface area contributed by atoms with Crippen molar-refractivity contribution in [3.8, 4) is 0 Å². The summed E-state index contributed by atoms with van der Waals surface area (Å²) in [5.41, 5.74) is 0.884. The maximum Gasteiger partial charge on any atom is 0.328 e. The molecule has 0 fully saturated rings. The summed E-state index contributed by atoms with van der Waals surface area (Å²) in [5.74, 6) is -1.40. The van der Waals surface area contributed by atoms with Crippen LogP contribution < -0.4 is 10.6 Å². The number of carbonyl (C=O) groups is 3. The summed E-state index contributed by atoms with van der Waals surface area (Å²) in [7, 11) is 1.24. The summed E-state index contributed by atoms with van der Waals surface area (Å²) < 4.78 is 4.53. The Kier molecular flexibility index (Phi) is 7.61. The molecule has 0 unspecified atom stereocenters. The van der Waals surface area contributed by atoms with E-state index < -0.39 is 30.0 Å². The maximum atomic E-state index is 12.1. The lowest BCUT2D eigenvalue weighted by Gasteiger charge is -2.18. The highest BCUT2D eigenvalue weighted by molar-refractivity contribution is 5.92. The van der Waals surface area contributed by atoms with Crippen LogP contribution in [0.1, 0.15) is 26.3 Å². The van der Waals surface area contributed by atoms with Crippen LogP contribution in [0.4, 0.5) is 0 Å². The van der Waals surface area contributed by atoms with Gasteiger partial charge >= 0.3 is 5.97 Å². The van der Waals surface area contributed by atoms with Gasteiger partial charge in [0.05, 0.1) is 7.11 Å². The summed E-state index contributed by atoms with van der Waals surface area (Å²) >= 11 is 0. The third kappa shape index (κ3) is 6.20. The second-order valence-electron chi connectivity index (χ2n) is 5.35. The summed E-state index contributed by atoms with van der Waals surface area (Å²) in [6.45, 7) is 4.67. The zero-order valence-corrected chi connectivity index (χ0v) is 14.3. The first-order valence-corrected chi connectivity index (χ1v) is 7.62. The fourth-order valence-corrected chi connectivity index (χ4v) is 1.78. The molecule has 130 valence electrons. The molecule has 0 aliphatic heterocycles. The molecule has 0 spiro atoms. The number of nitrogens with one attached hydrogen (secondary N) is 2. The average Bonchev–Trinajstić information content (AvgIpc) is 2.59. The Labute approximate surface area is 141 Å². The van der Waals surface area contributed by atoms with E-state index in [4.69, 9.17) is 0 Å². The number of amides is 2. The lowest BCUT2D eigenvalue weighted by atomic mass is 10.2. The highest BCUT2D eigenvalue weighted by atomic mass is 16.5. The first-order valence-electron chi connectivity index (χ1n) is 7.62. The van der Waals surface area contributed by atoms with Crippen molar-refractivity contribution in [1.29, 1.82) is 0 Å². The molecule has 24 heavy (non-hydrogen) atoms. The normalized spacial score (nSPS) is 14.5. The molecule has 0 heterocycles. The zero-order valence-electron chi connectivity index (χ0n) is 14.3. The number of methoxy groups -OCH3 is 1. The quantitative estimate of drug-likeness (QED) is 0.566. The SMILES string of the molecule is COC(=O)[C@H](C)NC(=O)[C@H](C)NC(=O)[C@H](C)N=Cc1ccccc1. The molecule has 1 rings (SSSR count). The number of carbonyl (C=O) groups excluding carboxylic acids is 3. The van der Waals surface area contributed by atoms with Crippen molar-refractivity contribution in [3.05, 3.63) is 35.9 Å². The molecule has 3 atom stereocenters. The number of rotatable bonds is 7. The largest absolute Gasteiger partial charge is 0.467 e. The maximum absolute atomic E-state index is 12.1. The minimum Gasteiger partial charge on any atom is -0.467 e. The fourth-order valence-electron chi connectivity index (χ4n) is 1.78. The van der Waals surface area contributed by atoms with Crippen LogP contribution in [-0.2, 0) is 19.1 Å². The Morgan fingerprint density at radius 2 is 1.58 bits per heavy atom. The number of aliphatic imine (C=N–C) groups is 1. The van der Waals surface area contributed by atoms with Gasteiger partial charge in [0.15, 0.2) is 0 Å². The predicted molar refractivity (Wildman–Crippen MR) is 90.7 cm³/mol. The van der Waals surface area contributed by atoms with Gasteiger partial charge in [-0.25, -0.2) is 4.79 Å². The van der Waals surface area contributed by atoms with Crippen LogP contribution in [0.3, 0.4) is 0 Å². The highest BCUT2D eigenvalue weighted by Gasteiger charge is 2.22. The van der Waals surface area contributed by atoms with Crippen molar-refractivity contribution in [2.45, 2.75) is 38.9 Å². The minimum atomic E-state index is -0.793. The van der Waals surface area contributed by atoms with Crippen molar-refractivity contribution in [3.63, 3.8) is 0 Å². The monoisotopic (exact) mass is 333 g/mol. The summed E-state index contributed by atoms with van der Waals surface area (Å²) in [5, 5.41) is 5.03. The summed E-state index contributed by atoms with van der Waals surface area (Å²) in [4.78, 5) is 39.4. The van der Waals surface area contributed by atoms with E-state index in [9.17, 15) is 14.4 Å². The Morgan fingerprint density at radius 1 is 1.00 bits per heavy atom. The van der Waals surface area contributed by atoms with Crippen molar-refractivity contribution in [2.75, 3.05) is 7.11 Å². The molecule has 0 radical (unpaired) electrons. The van der Waals surface area contributed by atoms with Crippen LogP contribution in [-0.4, -0.2) is 49.2 Å². The number of esters is 1. The van der Waals surface area contributed by atoms with Crippen molar-refractivity contribution in [2.24, 2.45) is 4.99 Å². The van der Waals surface area contributed by atoms with E-state index in [0.29, 0.717) is 0 Å². The van der Waals surface area contributed by atoms with Gasteiger partial charge in [0.2, 0.25) is 11.8 Å². The number of nitrogens with zero attached hydrogens (tertiary/aromatic N) is 1. The number of benzene rings is 1. The molecular weight excluding hydrogens is 310 g/mol. The van der Waals surface area contributed by atoms with Gasteiger partial charge in [-0.15, -0.1) is 0 Å². The molecule has 1 aromatic rings. The zero-order chi connectivity index (χ0) is 18.1. The fraction of sp³-hybridized carbons (Fsp3) is 0.412. The first-order chi connectivity index (χ1) is 11.3. The molecule has 0 aromatic heterocycles. The molecule has 2 amide bonds. The van der Waals surface area contributed by atoms with Gasteiger partial charge < -0.3 is 15.4 Å². The second-order valence-corrected chi connectivity index (χ2v) is 5.35. The third-order valence-corrected chi connectivity index (χ3v) is 3.29. The van der Waals surface area contributed by atoms with E-state index in [1.165, 1.54) is 21.0 Å². The lowest BCUT2D eigenvalue weighted by Crippen LogP contribution is -2.51. The predicted octanol–water partition coefficient (Wildman–Crippen LogP) is 0.676. The van der Waals surface area contributed by atoms with Crippen LogP contribution in [0.25, 0.3) is 0 Å². The van der Waals surface area contributed by atoms with Crippen molar-refractivity contribution >= 4 is 24.0 Å². The molecular formula is C17H23N3O4. The average molecular weight is 333 g/mol. The smallest absolute Gasteiger partial charge is 0.328 e. The number of hydrogen-bond donors (Lipinski definition) is 2. The van der Waals surface area contributed by atoms with Gasteiger partial charge in [0.25, 0.3) is 0 Å². The van der Waals surface area contributed by atoms with Crippen molar-refractivity contribution in [1.82, 2.24) is 10.6 Å². The van der Waals surface area contributed by atoms with E-state index in [0.717, 1.165) is 5.56 Å². The third-order valence-electron chi connectivity index (χ3n) is 3.29. The van der Waals surface area contributed by atoms with Crippen LogP contribution in [0, 0.1) is 0 Å². The van der Waals surface area contributed by atoms with E-state index >= 15 is 0 Å². The molecule has 0 bridgehead atoms. The van der Waals surface area contributed by atoms with Gasteiger partial charge in [-0.3, -0.25) is 14.6 Å². The molecule has 0 aliphatic carbocycles. The van der Waals surface area contributed by atoms with Gasteiger partial charge in [-0.2, -0.15) is 0 Å². The van der Waals surface area contributed by atoms with E-state index in [-0.39, 0.29) is 5.91 Å². The van der Waals surface area contributed by atoms with Crippen LogP contribution >= 0.6 is 0 Å².